The van der Waals surface area contributed by atoms with Gasteiger partial charge in [-0.15, -0.1) is 0 Å². The van der Waals surface area contributed by atoms with Crippen LogP contribution < -0.4 is 9.47 Å². The fourth-order valence-corrected chi connectivity index (χ4v) is 5.06. The molecule has 1 aromatic rings. The molecule has 2 aliphatic rings. The molecule has 21 heavy (non-hydrogen) atoms. The summed E-state index contributed by atoms with van der Waals surface area (Å²) in [5, 5.41) is 1.47. The van der Waals surface area contributed by atoms with Crippen molar-refractivity contribution in [3.05, 3.63) is 24.3 Å². The Morgan fingerprint density at radius 2 is 1.95 bits per heavy atom. The molecule has 2 bridgehead atoms. The highest BCUT2D eigenvalue weighted by atomic mass is 32.2. The van der Waals surface area contributed by atoms with E-state index in [0.29, 0.717) is 18.8 Å². The normalized spacial score (nSPS) is 27.4. The molecule has 2 heterocycles. The van der Waals surface area contributed by atoms with Crippen molar-refractivity contribution in [1.29, 1.82) is 0 Å². The number of ketones is 1. The molecule has 2 aliphatic heterocycles. The van der Waals surface area contributed by atoms with Gasteiger partial charge in [0.05, 0.1) is 13.7 Å². The van der Waals surface area contributed by atoms with Gasteiger partial charge in [-0.3, -0.25) is 4.79 Å². The Bertz CT molecular complexity index is 491. The number of thioether (sulfide) groups is 1. The van der Waals surface area contributed by atoms with Crippen LogP contribution in [0.1, 0.15) is 32.1 Å². The van der Waals surface area contributed by atoms with E-state index in [2.05, 4.69) is 11.8 Å². The van der Waals surface area contributed by atoms with Crippen LogP contribution in [-0.2, 0) is 4.79 Å². The molecule has 2 atom stereocenters. The predicted octanol–water partition coefficient (Wildman–Crippen LogP) is 3.71. The van der Waals surface area contributed by atoms with Crippen molar-refractivity contribution < 1.29 is 14.3 Å². The van der Waals surface area contributed by atoms with Crippen LogP contribution in [-0.4, -0.2) is 30.0 Å². The van der Waals surface area contributed by atoms with Crippen molar-refractivity contribution in [2.45, 2.75) is 42.6 Å². The first-order valence-electron chi connectivity index (χ1n) is 7.69. The third-order valence-corrected chi connectivity index (χ3v) is 6.03. The van der Waals surface area contributed by atoms with Gasteiger partial charge in [0.15, 0.2) is 0 Å². The molecule has 0 aromatic heterocycles. The zero-order valence-corrected chi connectivity index (χ0v) is 13.2. The summed E-state index contributed by atoms with van der Waals surface area (Å²) >= 11 is 2.10. The average Bonchev–Trinajstić information content (AvgIpc) is 2.85. The van der Waals surface area contributed by atoms with Gasteiger partial charge in [-0.25, -0.2) is 0 Å². The van der Waals surface area contributed by atoms with E-state index in [0.717, 1.165) is 34.8 Å². The summed E-state index contributed by atoms with van der Waals surface area (Å²) in [5.74, 6) is 2.20. The molecular formula is C17H22O3S. The number of rotatable bonds is 6. The van der Waals surface area contributed by atoms with Gasteiger partial charge >= 0.3 is 0 Å². The third kappa shape index (κ3) is 3.73. The Morgan fingerprint density at radius 3 is 2.67 bits per heavy atom. The standard InChI is InChI=1S/C17H22O3S/c1-19-13-3-2-4-14(11-13)20-8-7-17(18)12-9-15-5-6-16(10-12)21-15/h2-4,11-12,15-16H,5-10H2,1H3. The minimum atomic E-state index is 0.276. The SMILES string of the molecule is COc1cccc(OCCC(=O)C2CC3CCC(C2)S3)c1. The van der Waals surface area contributed by atoms with Crippen molar-refractivity contribution in [3.8, 4) is 11.5 Å². The number of ether oxygens (including phenoxy) is 2. The van der Waals surface area contributed by atoms with Crippen molar-refractivity contribution >= 4 is 17.5 Å². The molecule has 4 heteroatoms. The quantitative estimate of drug-likeness (QED) is 0.802. The number of hydrogen-bond acceptors (Lipinski definition) is 4. The van der Waals surface area contributed by atoms with Gasteiger partial charge < -0.3 is 9.47 Å². The van der Waals surface area contributed by atoms with Crippen LogP contribution in [0.4, 0.5) is 0 Å². The molecular weight excluding hydrogens is 284 g/mol. The molecule has 0 N–H and O–H groups in total. The summed E-state index contributed by atoms with van der Waals surface area (Å²) in [6, 6.07) is 7.52. The maximum Gasteiger partial charge on any atom is 0.139 e. The van der Waals surface area contributed by atoms with E-state index in [1.165, 1.54) is 12.8 Å². The summed E-state index contributed by atoms with van der Waals surface area (Å²) < 4.78 is 10.8. The fourth-order valence-electron chi connectivity index (χ4n) is 3.29. The van der Waals surface area contributed by atoms with Gasteiger partial charge in [0, 0.05) is 28.9 Å². The molecule has 2 fully saturated rings. The minimum absolute atomic E-state index is 0.276. The van der Waals surface area contributed by atoms with Gasteiger partial charge in [0.1, 0.15) is 17.3 Å². The maximum absolute atomic E-state index is 12.3. The molecule has 2 unspecified atom stereocenters. The van der Waals surface area contributed by atoms with Crippen LogP contribution in [0.2, 0.25) is 0 Å². The third-order valence-electron chi connectivity index (χ3n) is 4.40. The zero-order valence-electron chi connectivity index (χ0n) is 12.4. The van der Waals surface area contributed by atoms with E-state index in [1.807, 2.05) is 24.3 Å². The van der Waals surface area contributed by atoms with E-state index >= 15 is 0 Å². The van der Waals surface area contributed by atoms with Crippen LogP contribution in [0, 0.1) is 5.92 Å². The molecule has 3 nitrogen and oxygen atoms in total. The first-order chi connectivity index (χ1) is 10.2. The van der Waals surface area contributed by atoms with Gasteiger partial charge in [0.2, 0.25) is 0 Å². The van der Waals surface area contributed by atoms with Gasteiger partial charge in [-0.05, 0) is 37.8 Å². The van der Waals surface area contributed by atoms with Crippen LogP contribution in [0.15, 0.2) is 24.3 Å². The lowest BCUT2D eigenvalue weighted by Crippen LogP contribution is -2.25. The molecule has 0 aliphatic carbocycles. The van der Waals surface area contributed by atoms with E-state index < -0.39 is 0 Å². The van der Waals surface area contributed by atoms with Crippen LogP contribution >= 0.6 is 11.8 Å². The van der Waals surface area contributed by atoms with Crippen molar-refractivity contribution in [2.24, 2.45) is 5.92 Å². The maximum atomic E-state index is 12.3. The first kappa shape index (κ1) is 14.8. The highest BCUT2D eigenvalue weighted by molar-refractivity contribution is 8.00. The number of fused-ring (bicyclic) bond motifs is 2. The second-order valence-corrected chi connectivity index (χ2v) is 7.48. The summed E-state index contributed by atoms with van der Waals surface area (Å²) in [4.78, 5) is 12.3. The van der Waals surface area contributed by atoms with Crippen molar-refractivity contribution in [3.63, 3.8) is 0 Å². The van der Waals surface area contributed by atoms with Crippen LogP contribution in [0.3, 0.4) is 0 Å². The van der Waals surface area contributed by atoms with Gasteiger partial charge in [-0.1, -0.05) is 6.07 Å². The lowest BCUT2D eigenvalue weighted by molar-refractivity contribution is -0.123. The van der Waals surface area contributed by atoms with E-state index in [4.69, 9.17) is 9.47 Å². The smallest absolute Gasteiger partial charge is 0.139 e. The molecule has 0 spiro atoms. The average molecular weight is 306 g/mol. The van der Waals surface area contributed by atoms with Crippen LogP contribution in [0.5, 0.6) is 11.5 Å². The van der Waals surface area contributed by atoms with Crippen molar-refractivity contribution in [2.75, 3.05) is 13.7 Å². The zero-order chi connectivity index (χ0) is 14.7. The Morgan fingerprint density at radius 1 is 1.24 bits per heavy atom. The molecule has 2 saturated heterocycles. The second kappa shape index (κ2) is 6.73. The molecule has 0 amide bonds. The monoisotopic (exact) mass is 306 g/mol. The molecule has 3 rings (SSSR count). The van der Waals surface area contributed by atoms with Gasteiger partial charge in [0.25, 0.3) is 0 Å². The topological polar surface area (TPSA) is 35.5 Å². The minimum Gasteiger partial charge on any atom is -0.497 e. The molecule has 1 aromatic carbocycles. The van der Waals surface area contributed by atoms with Crippen LogP contribution in [0.25, 0.3) is 0 Å². The first-order valence-corrected chi connectivity index (χ1v) is 8.64. The summed E-state index contributed by atoms with van der Waals surface area (Å²) in [5.41, 5.74) is 0. The summed E-state index contributed by atoms with van der Waals surface area (Å²) in [6.07, 6.45) is 5.29. The summed E-state index contributed by atoms with van der Waals surface area (Å²) in [6.45, 7) is 0.463. The largest absolute Gasteiger partial charge is 0.497 e. The summed E-state index contributed by atoms with van der Waals surface area (Å²) in [7, 11) is 1.64. The van der Waals surface area contributed by atoms with E-state index in [-0.39, 0.29) is 5.92 Å². The highest BCUT2D eigenvalue weighted by Crippen LogP contribution is 2.46. The fraction of sp³-hybridized carbons (Fsp3) is 0.588. The van der Waals surface area contributed by atoms with Crippen molar-refractivity contribution in [1.82, 2.24) is 0 Å². The highest BCUT2D eigenvalue weighted by Gasteiger charge is 2.37. The number of carbonyl (C=O) groups excluding carboxylic acids is 1. The lowest BCUT2D eigenvalue weighted by atomic mass is 9.93. The molecule has 0 saturated carbocycles. The Labute approximate surface area is 130 Å². The second-order valence-electron chi connectivity index (χ2n) is 5.87. The number of benzene rings is 1. The number of carbonyl (C=O) groups is 1. The van der Waals surface area contributed by atoms with Gasteiger partial charge in [-0.2, -0.15) is 11.8 Å². The number of methoxy groups -OCH3 is 1. The lowest BCUT2D eigenvalue weighted by Gasteiger charge is -2.26. The molecule has 0 radical (unpaired) electrons. The predicted molar refractivity (Wildman–Crippen MR) is 85.2 cm³/mol. The molecule has 114 valence electrons. The number of hydrogen-bond donors (Lipinski definition) is 0. The number of Topliss-reactive ketones (excluding diaryl/α,β-unsaturated/α-hetero) is 1. The Kier molecular flexibility index (Phi) is 4.73. The Balaban J connectivity index is 1.45. The van der Waals surface area contributed by atoms with E-state index in [1.54, 1.807) is 7.11 Å². The van der Waals surface area contributed by atoms with E-state index in [9.17, 15) is 4.79 Å². The Hall–Kier alpha value is -1.16.